The smallest absolute Gasteiger partial charge is 0.255 e. The van der Waals surface area contributed by atoms with Crippen molar-refractivity contribution < 1.29 is 4.79 Å². The van der Waals surface area contributed by atoms with Crippen LogP contribution < -0.4 is 5.32 Å². The number of halogens is 2. The van der Waals surface area contributed by atoms with Crippen LogP contribution in [0.25, 0.3) is 0 Å². The minimum atomic E-state index is -0.875. The van der Waals surface area contributed by atoms with Gasteiger partial charge in [0.2, 0.25) is 0 Å². The van der Waals surface area contributed by atoms with Crippen LogP contribution in [0.3, 0.4) is 0 Å². The van der Waals surface area contributed by atoms with Crippen LogP contribution in [0.5, 0.6) is 0 Å². The fourth-order valence-corrected chi connectivity index (χ4v) is 2.18. The maximum absolute atomic E-state index is 12.1. The predicted molar refractivity (Wildman–Crippen MR) is 72.9 cm³/mol. The number of nitrogens with zero attached hydrogens (tertiary/aromatic N) is 1. The van der Waals surface area contributed by atoms with Gasteiger partial charge in [-0.2, -0.15) is 5.26 Å². The molecular formula is C13H14Cl2N2O. The summed E-state index contributed by atoms with van der Waals surface area (Å²) in [6, 6.07) is 6.98. The highest BCUT2D eigenvalue weighted by Crippen LogP contribution is 2.25. The van der Waals surface area contributed by atoms with Crippen LogP contribution in [-0.4, -0.2) is 11.4 Å². The Morgan fingerprint density at radius 2 is 1.83 bits per heavy atom. The van der Waals surface area contributed by atoms with E-state index >= 15 is 0 Å². The standard InChI is InChI=1S/C13H14Cl2N2O/c1-3-13(4-2,8-16)17-12(18)11-9(14)6-5-7-10(11)15/h5-7H,3-4H2,1-2H3,(H,17,18). The summed E-state index contributed by atoms with van der Waals surface area (Å²) < 4.78 is 0. The van der Waals surface area contributed by atoms with E-state index in [2.05, 4.69) is 11.4 Å². The van der Waals surface area contributed by atoms with Gasteiger partial charge in [-0.15, -0.1) is 0 Å². The van der Waals surface area contributed by atoms with Gasteiger partial charge in [0, 0.05) is 0 Å². The molecule has 0 aromatic heterocycles. The van der Waals surface area contributed by atoms with Gasteiger partial charge in [0.05, 0.1) is 21.7 Å². The average Bonchev–Trinajstić information content (AvgIpc) is 2.36. The van der Waals surface area contributed by atoms with Gasteiger partial charge >= 0.3 is 0 Å². The molecule has 0 saturated heterocycles. The van der Waals surface area contributed by atoms with Gasteiger partial charge in [-0.1, -0.05) is 43.1 Å². The Balaban J connectivity index is 3.06. The topological polar surface area (TPSA) is 52.9 Å². The minimum absolute atomic E-state index is 0.211. The summed E-state index contributed by atoms with van der Waals surface area (Å²) in [6.45, 7) is 3.70. The first-order valence-electron chi connectivity index (χ1n) is 5.67. The largest absolute Gasteiger partial charge is 0.334 e. The van der Waals surface area contributed by atoms with Crippen molar-refractivity contribution in [3.63, 3.8) is 0 Å². The molecule has 0 saturated carbocycles. The Bertz CT molecular complexity index is 470. The second kappa shape index (κ2) is 6.08. The number of carbonyl (C=O) groups excluding carboxylic acids is 1. The van der Waals surface area contributed by atoms with E-state index in [0.717, 1.165) is 0 Å². The van der Waals surface area contributed by atoms with E-state index in [1.165, 1.54) is 0 Å². The van der Waals surface area contributed by atoms with Crippen LogP contribution in [0.1, 0.15) is 37.0 Å². The number of nitrogens with one attached hydrogen (secondary N) is 1. The van der Waals surface area contributed by atoms with Crippen molar-refractivity contribution in [2.75, 3.05) is 0 Å². The van der Waals surface area contributed by atoms with Gasteiger partial charge in [-0.25, -0.2) is 0 Å². The number of amides is 1. The Morgan fingerprint density at radius 1 is 1.33 bits per heavy atom. The fourth-order valence-electron chi connectivity index (χ4n) is 1.61. The highest BCUT2D eigenvalue weighted by molar-refractivity contribution is 6.39. The molecule has 1 amide bonds. The zero-order valence-corrected chi connectivity index (χ0v) is 11.8. The molecule has 1 aromatic rings. The molecule has 0 heterocycles. The number of benzene rings is 1. The molecule has 0 aliphatic carbocycles. The van der Waals surface area contributed by atoms with Crippen LogP contribution in [0.2, 0.25) is 10.0 Å². The van der Waals surface area contributed by atoms with E-state index in [9.17, 15) is 10.1 Å². The quantitative estimate of drug-likeness (QED) is 0.914. The monoisotopic (exact) mass is 284 g/mol. The van der Waals surface area contributed by atoms with Crippen LogP contribution in [0.15, 0.2) is 18.2 Å². The first-order valence-corrected chi connectivity index (χ1v) is 6.43. The molecule has 96 valence electrons. The van der Waals surface area contributed by atoms with Crippen molar-refractivity contribution in [3.05, 3.63) is 33.8 Å². The van der Waals surface area contributed by atoms with E-state index in [1.54, 1.807) is 18.2 Å². The fraction of sp³-hybridized carbons (Fsp3) is 0.385. The van der Waals surface area contributed by atoms with Crippen molar-refractivity contribution in [2.45, 2.75) is 32.2 Å². The molecule has 0 spiro atoms. The van der Waals surface area contributed by atoms with Crippen molar-refractivity contribution in [3.8, 4) is 6.07 Å². The van der Waals surface area contributed by atoms with E-state index in [-0.39, 0.29) is 15.6 Å². The number of hydrogen-bond acceptors (Lipinski definition) is 2. The SMILES string of the molecule is CCC(C#N)(CC)NC(=O)c1c(Cl)cccc1Cl. The normalized spacial score (nSPS) is 10.8. The first-order chi connectivity index (χ1) is 8.49. The van der Waals surface area contributed by atoms with Gasteiger partial charge in [0.25, 0.3) is 5.91 Å². The van der Waals surface area contributed by atoms with E-state index in [1.807, 2.05) is 13.8 Å². The summed E-state index contributed by atoms with van der Waals surface area (Å²) in [6.07, 6.45) is 1.04. The summed E-state index contributed by atoms with van der Waals surface area (Å²) in [4.78, 5) is 12.1. The van der Waals surface area contributed by atoms with Crippen molar-refractivity contribution >= 4 is 29.1 Å². The molecule has 0 aliphatic rings. The highest BCUT2D eigenvalue weighted by atomic mass is 35.5. The summed E-state index contributed by atoms with van der Waals surface area (Å²) >= 11 is 11.9. The highest BCUT2D eigenvalue weighted by Gasteiger charge is 2.29. The molecule has 1 rings (SSSR count). The number of carbonyl (C=O) groups is 1. The molecule has 18 heavy (non-hydrogen) atoms. The molecule has 5 heteroatoms. The van der Waals surface area contributed by atoms with Crippen LogP contribution in [0.4, 0.5) is 0 Å². The molecule has 0 bridgehead atoms. The van der Waals surface area contributed by atoms with Gasteiger partial charge in [0.15, 0.2) is 0 Å². The molecule has 0 fully saturated rings. The van der Waals surface area contributed by atoms with Gasteiger partial charge in [-0.3, -0.25) is 4.79 Å². The average molecular weight is 285 g/mol. The molecule has 0 aliphatic heterocycles. The number of rotatable bonds is 4. The lowest BCUT2D eigenvalue weighted by Crippen LogP contribution is -2.46. The lowest BCUT2D eigenvalue weighted by Gasteiger charge is -2.25. The Labute approximate surface area is 117 Å². The Morgan fingerprint density at radius 3 is 2.22 bits per heavy atom. The van der Waals surface area contributed by atoms with Gasteiger partial charge in [0.1, 0.15) is 5.54 Å². The molecular weight excluding hydrogens is 271 g/mol. The Kier molecular flexibility index (Phi) is 5.01. The van der Waals surface area contributed by atoms with Crippen LogP contribution in [-0.2, 0) is 0 Å². The first kappa shape index (κ1) is 14.8. The number of nitriles is 1. The van der Waals surface area contributed by atoms with Crippen molar-refractivity contribution in [2.24, 2.45) is 0 Å². The molecule has 0 atom stereocenters. The summed E-state index contributed by atoms with van der Waals surface area (Å²) in [5.74, 6) is -0.421. The van der Waals surface area contributed by atoms with Gasteiger partial charge < -0.3 is 5.32 Å². The van der Waals surface area contributed by atoms with Crippen LogP contribution >= 0.6 is 23.2 Å². The van der Waals surface area contributed by atoms with E-state index in [0.29, 0.717) is 12.8 Å². The lowest BCUT2D eigenvalue weighted by molar-refractivity contribution is 0.0916. The van der Waals surface area contributed by atoms with Crippen LogP contribution in [0, 0.1) is 11.3 Å². The second-order valence-corrected chi connectivity index (χ2v) is 4.77. The number of hydrogen-bond donors (Lipinski definition) is 1. The molecule has 1 N–H and O–H groups in total. The maximum Gasteiger partial charge on any atom is 0.255 e. The third kappa shape index (κ3) is 2.95. The van der Waals surface area contributed by atoms with E-state index < -0.39 is 11.4 Å². The van der Waals surface area contributed by atoms with Crippen molar-refractivity contribution in [1.82, 2.24) is 5.32 Å². The summed E-state index contributed by atoms with van der Waals surface area (Å²) in [7, 11) is 0. The predicted octanol–water partition coefficient (Wildman–Crippen LogP) is 3.81. The molecule has 3 nitrogen and oxygen atoms in total. The Hall–Kier alpha value is -1.24. The maximum atomic E-state index is 12.1. The zero-order chi connectivity index (χ0) is 13.8. The third-order valence-electron chi connectivity index (χ3n) is 2.96. The summed E-state index contributed by atoms with van der Waals surface area (Å²) in [5, 5.41) is 12.4. The second-order valence-electron chi connectivity index (χ2n) is 3.95. The molecule has 0 radical (unpaired) electrons. The lowest BCUT2D eigenvalue weighted by atomic mass is 9.94. The third-order valence-corrected chi connectivity index (χ3v) is 3.59. The minimum Gasteiger partial charge on any atom is -0.334 e. The molecule has 1 aromatic carbocycles. The van der Waals surface area contributed by atoms with Gasteiger partial charge in [-0.05, 0) is 25.0 Å². The van der Waals surface area contributed by atoms with E-state index in [4.69, 9.17) is 23.2 Å². The molecule has 0 unspecified atom stereocenters. The zero-order valence-electron chi connectivity index (χ0n) is 10.3. The summed E-state index contributed by atoms with van der Waals surface area (Å²) in [5.41, 5.74) is -0.665. The van der Waals surface area contributed by atoms with Crippen molar-refractivity contribution in [1.29, 1.82) is 5.26 Å².